The number of benzene rings is 1. The zero-order valence-electron chi connectivity index (χ0n) is 11.5. The van der Waals surface area contributed by atoms with Gasteiger partial charge in [-0.15, -0.1) is 0 Å². The highest BCUT2D eigenvalue weighted by Crippen LogP contribution is 2.22. The van der Waals surface area contributed by atoms with E-state index >= 15 is 0 Å². The summed E-state index contributed by atoms with van der Waals surface area (Å²) in [6.45, 7) is 3.54. The van der Waals surface area contributed by atoms with Gasteiger partial charge in [0.1, 0.15) is 0 Å². The number of nitrogen functional groups attached to an aromatic ring is 1. The Morgan fingerprint density at radius 1 is 1.55 bits per heavy atom. The van der Waals surface area contributed by atoms with E-state index in [4.69, 9.17) is 10.5 Å². The SMILES string of the molecule is CC(NC(=O)c1c[nH]c2ccc(N)cc12)C1CCOC1. The van der Waals surface area contributed by atoms with Crippen molar-refractivity contribution in [2.75, 3.05) is 18.9 Å². The number of fused-ring (bicyclic) bond motifs is 1. The summed E-state index contributed by atoms with van der Waals surface area (Å²) < 4.78 is 5.36. The molecule has 1 aromatic carbocycles. The summed E-state index contributed by atoms with van der Waals surface area (Å²) in [7, 11) is 0. The number of rotatable bonds is 3. The predicted molar refractivity (Wildman–Crippen MR) is 78.6 cm³/mol. The van der Waals surface area contributed by atoms with Gasteiger partial charge in [-0.3, -0.25) is 4.79 Å². The molecule has 2 aromatic rings. The Kier molecular flexibility index (Phi) is 3.36. The van der Waals surface area contributed by atoms with Gasteiger partial charge in [-0.25, -0.2) is 0 Å². The standard InChI is InChI=1S/C15H19N3O2/c1-9(10-4-5-20-8-10)18-15(19)13-7-17-14-3-2-11(16)6-12(13)14/h2-3,6-7,9-10,17H,4-5,8,16H2,1H3,(H,18,19). The van der Waals surface area contributed by atoms with Crippen LogP contribution in [0.2, 0.25) is 0 Å². The second kappa shape index (κ2) is 5.17. The van der Waals surface area contributed by atoms with Gasteiger partial charge in [0, 0.05) is 41.4 Å². The third-order valence-electron chi connectivity index (χ3n) is 3.98. The van der Waals surface area contributed by atoms with Crippen LogP contribution in [-0.4, -0.2) is 30.1 Å². The van der Waals surface area contributed by atoms with Crippen LogP contribution in [0.1, 0.15) is 23.7 Å². The van der Waals surface area contributed by atoms with Gasteiger partial charge in [0.15, 0.2) is 0 Å². The molecule has 5 heteroatoms. The number of hydrogen-bond acceptors (Lipinski definition) is 3. The molecule has 1 fully saturated rings. The fourth-order valence-corrected chi connectivity index (χ4v) is 2.68. The second-order valence-electron chi connectivity index (χ2n) is 5.39. The Labute approximate surface area is 117 Å². The maximum Gasteiger partial charge on any atom is 0.253 e. The summed E-state index contributed by atoms with van der Waals surface area (Å²) in [4.78, 5) is 15.5. The van der Waals surface area contributed by atoms with Gasteiger partial charge in [-0.05, 0) is 31.5 Å². The maximum atomic E-state index is 12.4. The summed E-state index contributed by atoms with van der Waals surface area (Å²) in [5.74, 6) is 0.329. The summed E-state index contributed by atoms with van der Waals surface area (Å²) in [6, 6.07) is 5.63. The highest BCUT2D eigenvalue weighted by Gasteiger charge is 2.24. The lowest BCUT2D eigenvalue weighted by atomic mass is 10.0. The first kappa shape index (κ1) is 13.0. The van der Waals surface area contributed by atoms with E-state index in [-0.39, 0.29) is 11.9 Å². The molecule has 0 radical (unpaired) electrons. The Morgan fingerprint density at radius 3 is 3.15 bits per heavy atom. The molecule has 1 aromatic heterocycles. The number of aromatic nitrogens is 1. The van der Waals surface area contributed by atoms with Crippen LogP contribution >= 0.6 is 0 Å². The number of carbonyl (C=O) groups excluding carboxylic acids is 1. The Bertz CT molecular complexity index is 629. The number of ether oxygens (including phenoxy) is 1. The van der Waals surface area contributed by atoms with E-state index in [2.05, 4.69) is 10.3 Å². The molecule has 0 spiro atoms. The lowest BCUT2D eigenvalue weighted by molar-refractivity contribution is 0.0924. The molecule has 2 unspecified atom stereocenters. The number of aromatic amines is 1. The minimum absolute atomic E-state index is 0.0683. The summed E-state index contributed by atoms with van der Waals surface area (Å²) >= 11 is 0. The van der Waals surface area contributed by atoms with Crippen molar-refractivity contribution in [2.45, 2.75) is 19.4 Å². The molecule has 106 valence electrons. The molecule has 0 bridgehead atoms. The van der Waals surface area contributed by atoms with Gasteiger partial charge >= 0.3 is 0 Å². The predicted octanol–water partition coefficient (Wildman–Crippen LogP) is 1.90. The van der Waals surface area contributed by atoms with Crippen LogP contribution in [-0.2, 0) is 4.74 Å². The highest BCUT2D eigenvalue weighted by molar-refractivity contribution is 6.07. The number of hydrogen-bond donors (Lipinski definition) is 3. The van der Waals surface area contributed by atoms with Crippen LogP contribution in [0, 0.1) is 5.92 Å². The van der Waals surface area contributed by atoms with E-state index in [0.717, 1.165) is 30.5 Å². The molecule has 1 amide bonds. The van der Waals surface area contributed by atoms with Crippen LogP contribution in [0.15, 0.2) is 24.4 Å². The van der Waals surface area contributed by atoms with Crippen molar-refractivity contribution in [3.63, 3.8) is 0 Å². The zero-order valence-corrected chi connectivity index (χ0v) is 11.5. The van der Waals surface area contributed by atoms with Crippen LogP contribution < -0.4 is 11.1 Å². The number of nitrogens with two attached hydrogens (primary N) is 1. The number of amides is 1. The lowest BCUT2D eigenvalue weighted by Crippen LogP contribution is -2.38. The molecule has 0 aliphatic carbocycles. The minimum Gasteiger partial charge on any atom is -0.399 e. The van der Waals surface area contributed by atoms with E-state index in [0.29, 0.717) is 17.2 Å². The summed E-state index contributed by atoms with van der Waals surface area (Å²) in [6.07, 6.45) is 2.74. The number of nitrogens with one attached hydrogen (secondary N) is 2. The topological polar surface area (TPSA) is 80.1 Å². The highest BCUT2D eigenvalue weighted by atomic mass is 16.5. The van der Waals surface area contributed by atoms with Gasteiger partial charge in [-0.2, -0.15) is 0 Å². The second-order valence-corrected chi connectivity index (χ2v) is 5.39. The zero-order chi connectivity index (χ0) is 14.1. The number of anilines is 1. The maximum absolute atomic E-state index is 12.4. The monoisotopic (exact) mass is 273 g/mol. The van der Waals surface area contributed by atoms with E-state index in [1.165, 1.54) is 0 Å². The first-order valence-electron chi connectivity index (χ1n) is 6.90. The molecular formula is C15H19N3O2. The van der Waals surface area contributed by atoms with Crippen molar-refractivity contribution < 1.29 is 9.53 Å². The Hall–Kier alpha value is -2.01. The van der Waals surface area contributed by atoms with Crippen LogP contribution in [0.5, 0.6) is 0 Å². The molecule has 4 N–H and O–H groups in total. The van der Waals surface area contributed by atoms with Crippen molar-refractivity contribution in [2.24, 2.45) is 5.92 Å². The van der Waals surface area contributed by atoms with E-state index in [1.807, 2.05) is 25.1 Å². The largest absolute Gasteiger partial charge is 0.399 e. The smallest absolute Gasteiger partial charge is 0.253 e. The van der Waals surface area contributed by atoms with Gasteiger partial charge < -0.3 is 20.8 Å². The van der Waals surface area contributed by atoms with E-state index in [9.17, 15) is 4.79 Å². The van der Waals surface area contributed by atoms with Crippen molar-refractivity contribution in [3.05, 3.63) is 30.0 Å². The van der Waals surface area contributed by atoms with Crippen molar-refractivity contribution in [1.29, 1.82) is 0 Å². The van der Waals surface area contributed by atoms with Crippen molar-refractivity contribution >= 4 is 22.5 Å². The number of carbonyl (C=O) groups is 1. The lowest BCUT2D eigenvalue weighted by Gasteiger charge is -2.19. The average Bonchev–Trinajstić information content (AvgIpc) is 3.07. The van der Waals surface area contributed by atoms with Crippen molar-refractivity contribution in [3.8, 4) is 0 Å². The molecule has 1 aliphatic heterocycles. The normalized spacial score (nSPS) is 20.1. The molecular weight excluding hydrogens is 254 g/mol. The Balaban J connectivity index is 1.79. The fourth-order valence-electron chi connectivity index (χ4n) is 2.68. The molecule has 20 heavy (non-hydrogen) atoms. The molecule has 1 saturated heterocycles. The van der Waals surface area contributed by atoms with Gasteiger partial charge in [0.25, 0.3) is 5.91 Å². The van der Waals surface area contributed by atoms with Gasteiger partial charge in [0.2, 0.25) is 0 Å². The van der Waals surface area contributed by atoms with Crippen molar-refractivity contribution in [1.82, 2.24) is 10.3 Å². The summed E-state index contributed by atoms with van der Waals surface area (Å²) in [5, 5.41) is 3.91. The van der Waals surface area contributed by atoms with Gasteiger partial charge in [-0.1, -0.05) is 0 Å². The molecule has 5 nitrogen and oxygen atoms in total. The quantitative estimate of drug-likeness (QED) is 0.747. The Morgan fingerprint density at radius 2 is 2.40 bits per heavy atom. The minimum atomic E-state index is -0.0683. The van der Waals surface area contributed by atoms with Crippen LogP contribution in [0.4, 0.5) is 5.69 Å². The van der Waals surface area contributed by atoms with E-state index in [1.54, 1.807) is 6.20 Å². The van der Waals surface area contributed by atoms with Crippen LogP contribution in [0.25, 0.3) is 10.9 Å². The molecule has 2 atom stereocenters. The third-order valence-corrected chi connectivity index (χ3v) is 3.98. The van der Waals surface area contributed by atoms with E-state index < -0.39 is 0 Å². The molecule has 0 saturated carbocycles. The third kappa shape index (κ3) is 2.36. The molecule has 2 heterocycles. The summed E-state index contributed by atoms with van der Waals surface area (Å²) in [5.41, 5.74) is 8.00. The molecule has 3 rings (SSSR count). The first-order chi connectivity index (χ1) is 9.65. The van der Waals surface area contributed by atoms with Crippen LogP contribution in [0.3, 0.4) is 0 Å². The number of H-pyrrole nitrogens is 1. The van der Waals surface area contributed by atoms with Gasteiger partial charge in [0.05, 0.1) is 12.2 Å². The first-order valence-corrected chi connectivity index (χ1v) is 6.90. The fraction of sp³-hybridized carbons (Fsp3) is 0.400. The molecule has 1 aliphatic rings. The average molecular weight is 273 g/mol.